The monoisotopic (exact) mass is 250 g/mol. The van der Waals surface area contributed by atoms with Crippen LogP contribution in [0.1, 0.15) is 20.3 Å². The molecular weight excluding hydrogens is 228 g/mol. The van der Waals surface area contributed by atoms with Gasteiger partial charge in [0.2, 0.25) is 10.0 Å². The lowest BCUT2D eigenvalue weighted by atomic mass is 10.1. The molecule has 1 saturated heterocycles. The molecule has 0 amide bonds. The fourth-order valence-corrected chi connectivity index (χ4v) is 3.26. The van der Waals surface area contributed by atoms with E-state index in [0.717, 1.165) is 6.42 Å². The highest BCUT2D eigenvalue weighted by atomic mass is 32.2. The van der Waals surface area contributed by atoms with Crippen molar-refractivity contribution in [1.29, 1.82) is 0 Å². The smallest absolute Gasteiger partial charge is 0.215 e. The molecule has 1 unspecified atom stereocenters. The number of hydrogen-bond donors (Lipinski definition) is 2. The van der Waals surface area contributed by atoms with Crippen molar-refractivity contribution in [2.75, 3.05) is 32.0 Å². The van der Waals surface area contributed by atoms with Crippen molar-refractivity contribution in [3.8, 4) is 0 Å². The summed E-state index contributed by atoms with van der Waals surface area (Å²) in [4.78, 5) is 0. The minimum Gasteiger partial charge on any atom is -0.396 e. The van der Waals surface area contributed by atoms with Gasteiger partial charge in [-0.2, -0.15) is 0 Å². The number of nitrogens with one attached hydrogen (secondary N) is 1. The molecule has 2 N–H and O–H groups in total. The van der Waals surface area contributed by atoms with Gasteiger partial charge >= 0.3 is 0 Å². The van der Waals surface area contributed by atoms with E-state index in [0.29, 0.717) is 25.7 Å². The van der Waals surface area contributed by atoms with Gasteiger partial charge in [0.1, 0.15) is 0 Å². The third-order valence-corrected chi connectivity index (χ3v) is 4.65. The van der Waals surface area contributed by atoms with Crippen LogP contribution in [0.25, 0.3) is 0 Å². The molecule has 0 aromatic heterocycles. The summed E-state index contributed by atoms with van der Waals surface area (Å²) < 4.78 is 25.3. The summed E-state index contributed by atoms with van der Waals surface area (Å²) in [5.74, 6) is 0.261. The fourth-order valence-electron chi connectivity index (χ4n) is 1.80. The Labute approximate surface area is 97.9 Å². The molecule has 1 aliphatic rings. The first-order valence-electron chi connectivity index (χ1n) is 5.77. The number of sulfonamides is 1. The highest BCUT2D eigenvalue weighted by molar-refractivity contribution is 7.89. The van der Waals surface area contributed by atoms with E-state index in [1.54, 1.807) is 0 Å². The zero-order valence-corrected chi connectivity index (χ0v) is 10.8. The van der Waals surface area contributed by atoms with Crippen LogP contribution in [-0.4, -0.2) is 55.9 Å². The Kier molecular flexibility index (Phi) is 5.17. The Bertz CT molecular complexity index is 303. The van der Waals surface area contributed by atoms with Crippen LogP contribution >= 0.6 is 0 Å². The van der Waals surface area contributed by atoms with Gasteiger partial charge in [0.05, 0.1) is 5.75 Å². The molecule has 0 radical (unpaired) electrons. The molecule has 0 spiro atoms. The Hall–Kier alpha value is -0.170. The Morgan fingerprint density at radius 2 is 2.19 bits per heavy atom. The third kappa shape index (κ3) is 4.01. The average Bonchev–Trinajstić information content (AvgIpc) is 2.65. The van der Waals surface area contributed by atoms with Gasteiger partial charge in [-0.15, -0.1) is 0 Å². The first kappa shape index (κ1) is 13.9. The molecule has 0 aromatic rings. The molecule has 1 aliphatic heterocycles. The maximum absolute atomic E-state index is 11.9. The van der Waals surface area contributed by atoms with Crippen molar-refractivity contribution in [3.05, 3.63) is 0 Å². The highest BCUT2D eigenvalue weighted by Crippen LogP contribution is 2.18. The maximum atomic E-state index is 11.9. The van der Waals surface area contributed by atoms with Gasteiger partial charge in [0, 0.05) is 32.3 Å². The second-order valence-corrected chi connectivity index (χ2v) is 6.71. The van der Waals surface area contributed by atoms with E-state index in [2.05, 4.69) is 5.32 Å². The molecule has 6 heteroatoms. The molecule has 1 atom stereocenters. The van der Waals surface area contributed by atoms with Crippen molar-refractivity contribution in [1.82, 2.24) is 9.62 Å². The van der Waals surface area contributed by atoms with Crippen molar-refractivity contribution >= 4 is 10.0 Å². The van der Waals surface area contributed by atoms with E-state index >= 15 is 0 Å². The van der Waals surface area contributed by atoms with Crippen LogP contribution in [0.5, 0.6) is 0 Å². The van der Waals surface area contributed by atoms with Gasteiger partial charge < -0.3 is 10.4 Å². The van der Waals surface area contributed by atoms with Crippen LogP contribution in [-0.2, 0) is 10.0 Å². The maximum Gasteiger partial charge on any atom is 0.215 e. The van der Waals surface area contributed by atoms with Gasteiger partial charge in [0.25, 0.3) is 0 Å². The van der Waals surface area contributed by atoms with Crippen LogP contribution in [0.2, 0.25) is 0 Å². The van der Waals surface area contributed by atoms with Gasteiger partial charge in [-0.25, -0.2) is 12.7 Å². The molecule has 96 valence electrons. The van der Waals surface area contributed by atoms with Crippen LogP contribution < -0.4 is 5.32 Å². The molecule has 1 rings (SSSR count). The topological polar surface area (TPSA) is 69.6 Å². The molecule has 1 heterocycles. The lowest BCUT2D eigenvalue weighted by Gasteiger charge is -2.17. The SMILES string of the molecule is CC(C)NCCS(=O)(=O)N1CCC(CO)C1. The second kappa shape index (κ2) is 5.95. The summed E-state index contributed by atoms with van der Waals surface area (Å²) in [5, 5.41) is 12.1. The normalized spacial score (nSPS) is 23.1. The summed E-state index contributed by atoms with van der Waals surface area (Å²) in [7, 11) is -3.14. The Morgan fingerprint density at radius 1 is 1.50 bits per heavy atom. The molecule has 5 nitrogen and oxygen atoms in total. The van der Waals surface area contributed by atoms with E-state index < -0.39 is 10.0 Å². The van der Waals surface area contributed by atoms with E-state index in [1.807, 2.05) is 13.8 Å². The zero-order chi connectivity index (χ0) is 12.2. The molecule has 0 saturated carbocycles. The van der Waals surface area contributed by atoms with Gasteiger partial charge in [-0.1, -0.05) is 13.8 Å². The van der Waals surface area contributed by atoms with E-state index in [4.69, 9.17) is 5.11 Å². The van der Waals surface area contributed by atoms with Crippen molar-refractivity contribution in [2.45, 2.75) is 26.3 Å². The van der Waals surface area contributed by atoms with E-state index in [9.17, 15) is 8.42 Å². The number of hydrogen-bond acceptors (Lipinski definition) is 4. The molecule has 0 bridgehead atoms. The van der Waals surface area contributed by atoms with Crippen molar-refractivity contribution in [3.63, 3.8) is 0 Å². The van der Waals surface area contributed by atoms with Crippen LogP contribution in [0, 0.1) is 5.92 Å². The summed E-state index contributed by atoms with van der Waals surface area (Å²) in [6.45, 7) is 5.57. The Morgan fingerprint density at radius 3 is 2.69 bits per heavy atom. The molecule has 0 aromatic carbocycles. The first-order valence-corrected chi connectivity index (χ1v) is 7.38. The van der Waals surface area contributed by atoms with E-state index in [-0.39, 0.29) is 18.3 Å². The van der Waals surface area contributed by atoms with Crippen LogP contribution in [0.15, 0.2) is 0 Å². The summed E-state index contributed by atoms with van der Waals surface area (Å²) >= 11 is 0. The molecular formula is C10H22N2O3S. The predicted molar refractivity (Wildman–Crippen MR) is 63.7 cm³/mol. The second-order valence-electron chi connectivity index (χ2n) is 4.62. The molecule has 16 heavy (non-hydrogen) atoms. The number of nitrogens with zero attached hydrogens (tertiary/aromatic N) is 1. The minimum absolute atomic E-state index is 0.0796. The van der Waals surface area contributed by atoms with Crippen LogP contribution in [0.4, 0.5) is 0 Å². The van der Waals surface area contributed by atoms with Gasteiger partial charge in [0.15, 0.2) is 0 Å². The molecule has 1 fully saturated rings. The van der Waals surface area contributed by atoms with E-state index in [1.165, 1.54) is 4.31 Å². The lowest BCUT2D eigenvalue weighted by molar-refractivity contribution is 0.233. The first-order chi connectivity index (χ1) is 7.45. The number of rotatable bonds is 6. The summed E-state index contributed by atoms with van der Waals surface area (Å²) in [6.07, 6.45) is 0.771. The zero-order valence-electron chi connectivity index (χ0n) is 10.0. The molecule has 0 aliphatic carbocycles. The lowest BCUT2D eigenvalue weighted by Crippen LogP contribution is -2.36. The van der Waals surface area contributed by atoms with Crippen molar-refractivity contribution < 1.29 is 13.5 Å². The van der Waals surface area contributed by atoms with Crippen LogP contribution in [0.3, 0.4) is 0 Å². The Balaban J connectivity index is 2.39. The number of aliphatic hydroxyl groups excluding tert-OH is 1. The predicted octanol–water partition coefficient (Wildman–Crippen LogP) is -0.372. The fraction of sp³-hybridized carbons (Fsp3) is 1.00. The summed E-state index contributed by atoms with van der Waals surface area (Å²) in [6, 6.07) is 0.305. The third-order valence-electron chi connectivity index (χ3n) is 2.81. The minimum atomic E-state index is -3.14. The number of aliphatic hydroxyl groups is 1. The average molecular weight is 250 g/mol. The summed E-state index contributed by atoms with van der Waals surface area (Å²) in [5.41, 5.74) is 0. The van der Waals surface area contributed by atoms with Gasteiger partial charge in [-0.3, -0.25) is 0 Å². The highest BCUT2D eigenvalue weighted by Gasteiger charge is 2.30. The quantitative estimate of drug-likeness (QED) is 0.675. The van der Waals surface area contributed by atoms with Crippen molar-refractivity contribution in [2.24, 2.45) is 5.92 Å². The van der Waals surface area contributed by atoms with Gasteiger partial charge in [-0.05, 0) is 12.3 Å². The largest absolute Gasteiger partial charge is 0.396 e. The standard InChI is InChI=1S/C10H22N2O3S/c1-9(2)11-4-6-16(14,15)12-5-3-10(7-12)8-13/h9-11,13H,3-8H2,1-2H3.